The molecule has 1 N–H and O–H groups in total. The fourth-order valence-electron chi connectivity index (χ4n) is 1.56. The standard InChI is InChI=1S/C12H11ClO3/c1-12(15,5-6-14)10-7-8-3-2-4-9(13)11(8)16-10/h2-4,6-7,15H,5H2,1H3. The van der Waals surface area contributed by atoms with E-state index >= 15 is 0 Å². The van der Waals surface area contributed by atoms with E-state index in [1.54, 1.807) is 18.2 Å². The van der Waals surface area contributed by atoms with Crippen molar-refractivity contribution in [2.45, 2.75) is 18.9 Å². The van der Waals surface area contributed by atoms with Crippen LogP contribution in [0.15, 0.2) is 28.7 Å². The predicted octanol–water partition coefficient (Wildman–Crippen LogP) is 2.88. The Bertz CT molecular complexity index is 528. The first-order chi connectivity index (χ1) is 7.54. The monoisotopic (exact) mass is 238 g/mol. The molecule has 0 aliphatic heterocycles. The average Bonchev–Trinajstić information content (AvgIpc) is 2.63. The summed E-state index contributed by atoms with van der Waals surface area (Å²) in [5.41, 5.74) is -0.755. The lowest BCUT2D eigenvalue weighted by molar-refractivity contribution is -0.112. The SMILES string of the molecule is CC(O)(CC=O)c1cc2cccc(Cl)c2o1. The van der Waals surface area contributed by atoms with Crippen LogP contribution in [0.3, 0.4) is 0 Å². The van der Waals surface area contributed by atoms with Crippen LogP contribution in [0.25, 0.3) is 11.0 Å². The van der Waals surface area contributed by atoms with Gasteiger partial charge in [0.05, 0.1) is 5.02 Å². The van der Waals surface area contributed by atoms with Gasteiger partial charge in [0, 0.05) is 11.8 Å². The molecule has 84 valence electrons. The Morgan fingerprint density at radius 3 is 2.94 bits per heavy atom. The summed E-state index contributed by atoms with van der Waals surface area (Å²) >= 11 is 5.95. The van der Waals surface area contributed by atoms with Crippen LogP contribution in [0.1, 0.15) is 19.1 Å². The lowest BCUT2D eigenvalue weighted by Gasteiger charge is -2.16. The predicted molar refractivity (Wildman–Crippen MR) is 61.5 cm³/mol. The van der Waals surface area contributed by atoms with E-state index in [1.807, 2.05) is 6.07 Å². The average molecular weight is 239 g/mol. The van der Waals surface area contributed by atoms with Crippen molar-refractivity contribution in [2.75, 3.05) is 0 Å². The van der Waals surface area contributed by atoms with Crippen molar-refractivity contribution in [1.29, 1.82) is 0 Å². The Morgan fingerprint density at radius 2 is 2.31 bits per heavy atom. The number of fused-ring (bicyclic) bond motifs is 1. The maximum atomic E-state index is 10.4. The van der Waals surface area contributed by atoms with Gasteiger partial charge in [-0.2, -0.15) is 0 Å². The first-order valence-electron chi connectivity index (χ1n) is 4.89. The Morgan fingerprint density at radius 1 is 1.56 bits per heavy atom. The largest absolute Gasteiger partial charge is 0.456 e. The molecule has 0 saturated heterocycles. The number of halogens is 1. The minimum absolute atomic E-state index is 0.00948. The molecule has 3 nitrogen and oxygen atoms in total. The summed E-state index contributed by atoms with van der Waals surface area (Å²) in [6, 6.07) is 7.06. The molecule has 2 aromatic rings. The van der Waals surface area contributed by atoms with E-state index < -0.39 is 5.60 Å². The van der Waals surface area contributed by atoms with Gasteiger partial charge < -0.3 is 14.3 Å². The van der Waals surface area contributed by atoms with Gasteiger partial charge in [-0.25, -0.2) is 0 Å². The van der Waals surface area contributed by atoms with Crippen molar-refractivity contribution >= 4 is 28.9 Å². The number of carbonyl (C=O) groups is 1. The summed E-state index contributed by atoms with van der Waals surface area (Å²) < 4.78 is 5.48. The molecule has 1 heterocycles. The first-order valence-corrected chi connectivity index (χ1v) is 5.27. The lowest BCUT2D eigenvalue weighted by Crippen LogP contribution is -2.20. The third-order valence-electron chi connectivity index (χ3n) is 2.51. The molecule has 2 rings (SSSR count). The van der Waals surface area contributed by atoms with Crippen LogP contribution in [-0.4, -0.2) is 11.4 Å². The maximum Gasteiger partial charge on any atom is 0.153 e. The van der Waals surface area contributed by atoms with E-state index in [-0.39, 0.29) is 6.42 Å². The third-order valence-corrected chi connectivity index (χ3v) is 2.81. The minimum atomic E-state index is -1.29. The van der Waals surface area contributed by atoms with E-state index in [0.717, 1.165) is 5.39 Å². The van der Waals surface area contributed by atoms with Gasteiger partial charge in [-0.3, -0.25) is 0 Å². The molecule has 1 aromatic carbocycles. The zero-order valence-electron chi connectivity index (χ0n) is 8.74. The number of hydrogen-bond acceptors (Lipinski definition) is 3. The Labute approximate surface area is 97.6 Å². The third kappa shape index (κ3) is 1.84. The zero-order valence-corrected chi connectivity index (χ0v) is 9.49. The summed E-state index contributed by atoms with van der Waals surface area (Å²) in [5.74, 6) is 0.350. The van der Waals surface area contributed by atoms with Crippen LogP contribution >= 0.6 is 11.6 Å². The zero-order chi connectivity index (χ0) is 11.8. The highest BCUT2D eigenvalue weighted by Crippen LogP contribution is 2.32. The van der Waals surface area contributed by atoms with E-state index in [0.29, 0.717) is 22.7 Å². The van der Waals surface area contributed by atoms with Gasteiger partial charge in [0.25, 0.3) is 0 Å². The number of benzene rings is 1. The fourth-order valence-corrected chi connectivity index (χ4v) is 1.78. The Balaban J connectivity index is 2.55. The number of aldehydes is 1. The van der Waals surface area contributed by atoms with Gasteiger partial charge in [0.1, 0.15) is 17.6 Å². The molecule has 0 amide bonds. The summed E-state index contributed by atoms with van der Waals surface area (Å²) in [7, 11) is 0. The van der Waals surface area contributed by atoms with Gasteiger partial charge in [0.15, 0.2) is 5.58 Å². The highest BCUT2D eigenvalue weighted by molar-refractivity contribution is 6.34. The van der Waals surface area contributed by atoms with Crippen LogP contribution in [0.5, 0.6) is 0 Å². The highest BCUT2D eigenvalue weighted by atomic mass is 35.5. The van der Waals surface area contributed by atoms with Crippen LogP contribution in [-0.2, 0) is 10.4 Å². The molecule has 0 aliphatic carbocycles. The molecule has 1 unspecified atom stereocenters. The first kappa shape index (κ1) is 11.2. The molecule has 0 spiro atoms. The molecular weight excluding hydrogens is 228 g/mol. The van der Waals surface area contributed by atoms with Crippen molar-refractivity contribution in [1.82, 2.24) is 0 Å². The summed E-state index contributed by atoms with van der Waals surface area (Å²) in [4.78, 5) is 10.4. The lowest BCUT2D eigenvalue weighted by atomic mass is 10.00. The van der Waals surface area contributed by atoms with Crippen molar-refractivity contribution in [2.24, 2.45) is 0 Å². The van der Waals surface area contributed by atoms with E-state index in [9.17, 15) is 9.90 Å². The van der Waals surface area contributed by atoms with Crippen LogP contribution < -0.4 is 0 Å². The topological polar surface area (TPSA) is 50.4 Å². The summed E-state index contributed by atoms with van der Waals surface area (Å²) in [5, 5.41) is 11.3. The molecule has 0 radical (unpaired) electrons. The van der Waals surface area contributed by atoms with Crippen LogP contribution in [0.4, 0.5) is 0 Å². The Hall–Kier alpha value is -1.32. The van der Waals surface area contributed by atoms with Crippen molar-refractivity contribution in [3.8, 4) is 0 Å². The van der Waals surface area contributed by atoms with Crippen molar-refractivity contribution in [3.05, 3.63) is 35.0 Å². The smallest absolute Gasteiger partial charge is 0.153 e. The van der Waals surface area contributed by atoms with Gasteiger partial charge in [-0.05, 0) is 19.1 Å². The number of para-hydroxylation sites is 1. The van der Waals surface area contributed by atoms with Gasteiger partial charge >= 0.3 is 0 Å². The molecule has 0 fully saturated rings. The molecule has 0 saturated carbocycles. The van der Waals surface area contributed by atoms with Gasteiger partial charge in [0.2, 0.25) is 0 Å². The second-order valence-electron chi connectivity index (χ2n) is 3.91. The number of rotatable bonds is 3. The summed E-state index contributed by atoms with van der Waals surface area (Å²) in [6.45, 7) is 1.53. The second kappa shape index (κ2) is 3.92. The fraction of sp³-hybridized carbons (Fsp3) is 0.250. The molecule has 4 heteroatoms. The van der Waals surface area contributed by atoms with Crippen molar-refractivity contribution < 1.29 is 14.3 Å². The number of hydrogen-bond donors (Lipinski definition) is 1. The molecule has 1 atom stereocenters. The number of carbonyl (C=O) groups excluding carboxylic acids is 1. The minimum Gasteiger partial charge on any atom is -0.456 e. The molecule has 0 aliphatic rings. The molecule has 1 aromatic heterocycles. The quantitative estimate of drug-likeness (QED) is 0.837. The maximum absolute atomic E-state index is 10.4. The van der Waals surface area contributed by atoms with Gasteiger partial charge in [-0.1, -0.05) is 23.7 Å². The Kier molecular flexibility index (Phi) is 2.74. The number of furan rings is 1. The van der Waals surface area contributed by atoms with Crippen LogP contribution in [0, 0.1) is 0 Å². The highest BCUT2D eigenvalue weighted by Gasteiger charge is 2.27. The van der Waals surface area contributed by atoms with Crippen LogP contribution in [0.2, 0.25) is 5.02 Å². The molecule has 0 bridgehead atoms. The molecule has 16 heavy (non-hydrogen) atoms. The van der Waals surface area contributed by atoms with Gasteiger partial charge in [-0.15, -0.1) is 0 Å². The van der Waals surface area contributed by atoms with E-state index in [4.69, 9.17) is 16.0 Å². The van der Waals surface area contributed by atoms with Crippen molar-refractivity contribution in [3.63, 3.8) is 0 Å². The molecular formula is C12H11ClO3. The summed E-state index contributed by atoms with van der Waals surface area (Å²) in [6.07, 6.45) is 0.652. The number of aliphatic hydroxyl groups is 1. The second-order valence-corrected chi connectivity index (χ2v) is 4.32. The van der Waals surface area contributed by atoms with E-state index in [2.05, 4.69) is 0 Å². The van der Waals surface area contributed by atoms with E-state index in [1.165, 1.54) is 6.92 Å². The normalized spacial score (nSPS) is 14.9.